The third kappa shape index (κ3) is 1.87. The molecule has 0 amide bonds. The summed E-state index contributed by atoms with van der Waals surface area (Å²) >= 11 is 2.98. The van der Waals surface area contributed by atoms with E-state index in [2.05, 4.69) is 20.7 Å². The van der Waals surface area contributed by atoms with Crippen LogP contribution in [0, 0.1) is 5.82 Å². The van der Waals surface area contributed by atoms with Crippen LogP contribution in [0.1, 0.15) is 10.4 Å². The molecule has 0 saturated carbocycles. The number of hydrogen-bond donors (Lipinski definition) is 0. The topological polar surface area (TPSA) is 35.5 Å². The molecule has 0 aromatic heterocycles. The maximum Gasteiger partial charge on any atom is 0.341 e. The van der Waals surface area contributed by atoms with Gasteiger partial charge in [0.15, 0.2) is 11.6 Å². The van der Waals surface area contributed by atoms with Crippen LogP contribution in [0.5, 0.6) is 5.75 Å². The highest BCUT2D eigenvalue weighted by Gasteiger charge is 2.18. The van der Waals surface area contributed by atoms with Gasteiger partial charge in [0.1, 0.15) is 5.56 Å². The molecule has 0 unspecified atom stereocenters. The molecule has 0 bridgehead atoms. The predicted octanol–water partition coefficient (Wildman–Crippen LogP) is 2.38. The lowest BCUT2D eigenvalue weighted by Gasteiger charge is -2.08. The van der Waals surface area contributed by atoms with Gasteiger partial charge in [0.05, 0.1) is 18.7 Å². The lowest BCUT2D eigenvalue weighted by atomic mass is 10.2. The van der Waals surface area contributed by atoms with Gasteiger partial charge in [-0.05, 0) is 28.1 Å². The van der Waals surface area contributed by atoms with Crippen molar-refractivity contribution in [1.29, 1.82) is 0 Å². The second kappa shape index (κ2) is 4.41. The molecule has 0 aliphatic rings. The van der Waals surface area contributed by atoms with Gasteiger partial charge >= 0.3 is 5.97 Å². The molecule has 1 rings (SSSR count). The van der Waals surface area contributed by atoms with E-state index in [0.717, 1.165) is 0 Å². The first-order valence-electron chi connectivity index (χ1n) is 3.72. The fraction of sp³-hybridized carbons (Fsp3) is 0.222. The van der Waals surface area contributed by atoms with E-state index in [1.54, 1.807) is 0 Å². The minimum absolute atomic E-state index is 0.0655. The minimum Gasteiger partial charge on any atom is -0.493 e. The van der Waals surface area contributed by atoms with E-state index in [-0.39, 0.29) is 15.8 Å². The van der Waals surface area contributed by atoms with Gasteiger partial charge < -0.3 is 9.47 Å². The summed E-state index contributed by atoms with van der Waals surface area (Å²) < 4.78 is 22.9. The van der Waals surface area contributed by atoms with Crippen molar-refractivity contribution in [3.8, 4) is 5.75 Å². The van der Waals surface area contributed by atoms with Gasteiger partial charge in [0, 0.05) is 0 Å². The zero-order valence-corrected chi connectivity index (χ0v) is 9.22. The summed E-state index contributed by atoms with van der Waals surface area (Å²) in [6.45, 7) is 0. The molecular weight excluding hydrogens is 255 g/mol. The third-order valence-corrected chi connectivity index (χ3v) is 2.27. The lowest BCUT2D eigenvalue weighted by molar-refractivity contribution is 0.0596. The van der Waals surface area contributed by atoms with Crippen LogP contribution in [0.25, 0.3) is 0 Å². The zero-order valence-electron chi connectivity index (χ0n) is 7.64. The fourth-order valence-corrected chi connectivity index (χ4v) is 1.31. The zero-order chi connectivity index (χ0) is 10.7. The SMILES string of the molecule is COC(=O)c1ccc(Br)c(F)c1OC. The lowest BCUT2D eigenvalue weighted by Crippen LogP contribution is -2.05. The molecule has 1 aromatic carbocycles. The molecular formula is C9H8BrFO3. The predicted molar refractivity (Wildman–Crippen MR) is 52.0 cm³/mol. The second-order valence-electron chi connectivity index (χ2n) is 2.43. The van der Waals surface area contributed by atoms with Gasteiger partial charge in [0.25, 0.3) is 0 Å². The smallest absolute Gasteiger partial charge is 0.341 e. The number of halogens is 2. The van der Waals surface area contributed by atoms with Crippen LogP contribution >= 0.6 is 15.9 Å². The van der Waals surface area contributed by atoms with Crippen LogP contribution in [0.3, 0.4) is 0 Å². The van der Waals surface area contributed by atoms with Gasteiger partial charge in [-0.2, -0.15) is 0 Å². The largest absolute Gasteiger partial charge is 0.493 e. The van der Waals surface area contributed by atoms with Crippen LogP contribution in [0.15, 0.2) is 16.6 Å². The average Bonchev–Trinajstić information content (AvgIpc) is 2.20. The summed E-state index contributed by atoms with van der Waals surface area (Å²) in [5, 5.41) is 0. The Morgan fingerprint density at radius 2 is 2.07 bits per heavy atom. The highest BCUT2D eigenvalue weighted by atomic mass is 79.9. The maximum absolute atomic E-state index is 13.4. The number of hydrogen-bond acceptors (Lipinski definition) is 3. The van der Waals surface area contributed by atoms with Gasteiger partial charge in [0.2, 0.25) is 0 Å². The van der Waals surface area contributed by atoms with Crippen molar-refractivity contribution in [2.45, 2.75) is 0 Å². The average molecular weight is 263 g/mol. The molecule has 0 N–H and O–H groups in total. The van der Waals surface area contributed by atoms with E-state index in [1.807, 2.05) is 0 Å². The summed E-state index contributed by atoms with van der Waals surface area (Å²) in [6.07, 6.45) is 0. The van der Waals surface area contributed by atoms with Gasteiger partial charge in [-0.3, -0.25) is 0 Å². The summed E-state index contributed by atoms with van der Waals surface area (Å²) in [7, 11) is 2.51. The van der Waals surface area contributed by atoms with E-state index in [9.17, 15) is 9.18 Å². The number of ether oxygens (including phenoxy) is 2. The minimum atomic E-state index is -0.631. The molecule has 3 nitrogen and oxygen atoms in total. The van der Waals surface area contributed by atoms with E-state index in [0.29, 0.717) is 0 Å². The fourth-order valence-electron chi connectivity index (χ4n) is 1.00. The highest BCUT2D eigenvalue weighted by Crippen LogP contribution is 2.29. The molecule has 76 valence electrons. The van der Waals surface area contributed by atoms with Crippen molar-refractivity contribution < 1.29 is 18.7 Å². The molecule has 0 aliphatic carbocycles. The van der Waals surface area contributed by atoms with E-state index < -0.39 is 11.8 Å². The standard InChI is InChI=1S/C9H8BrFO3/c1-13-8-5(9(12)14-2)3-4-6(10)7(8)11/h3-4H,1-2H3. The Hall–Kier alpha value is -1.10. The summed E-state index contributed by atoms with van der Waals surface area (Å²) in [6, 6.07) is 2.85. The molecule has 1 aromatic rings. The molecule has 0 atom stereocenters. The van der Waals surface area contributed by atoms with E-state index >= 15 is 0 Å². The van der Waals surface area contributed by atoms with Crippen molar-refractivity contribution >= 4 is 21.9 Å². The van der Waals surface area contributed by atoms with Crippen LogP contribution in [-0.4, -0.2) is 20.2 Å². The van der Waals surface area contributed by atoms with Crippen LogP contribution < -0.4 is 4.74 Å². The quantitative estimate of drug-likeness (QED) is 0.768. The first-order valence-corrected chi connectivity index (χ1v) is 4.51. The van der Waals surface area contributed by atoms with Crippen molar-refractivity contribution in [2.75, 3.05) is 14.2 Å². The van der Waals surface area contributed by atoms with Gasteiger partial charge in [-0.1, -0.05) is 0 Å². The van der Waals surface area contributed by atoms with Crippen molar-refractivity contribution in [1.82, 2.24) is 0 Å². The molecule has 0 spiro atoms. The Bertz CT molecular complexity index is 365. The Kier molecular flexibility index (Phi) is 3.46. The molecule has 14 heavy (non-hydrogen) atoms. The Labute approximate surface area is 88.9 Å². The number of esters is 1. The van der Waals surface area contributed by atoms with Crippen LogP contribution in [0.4, 0.5) is 4.39 Å². The number of methoxy groups -OCH3 is 2. The first kappa shape index (κ1) is 11.0. The van der Waals surface area contributed by atoms with Crippen molar-refractivity contribution in [3.05, 3.63) is 28.0 Å². The number of benzene rings is 1. The Morgan fingerprint density at radius 3 is 2.57 bits per heavy atom. The molecule has 0 radical (unpaired) electrons. The number of carbonyl (C=O) groups is 1. The monoisotopic (exact) mass is 262 g/mol. The Morgan fingerprint density at radius 1 is 1.43 bits per heavy atom. The molecule has 0 aliphatic heterocycles. The molecule has 5 heteroatoms. The van der Waals surface area contributed by atoms with Crippen molar-refractivity contribution in [2.24, 2.45) is 0 Å². The van der Waals surface area contributed by atoms with Gasteiger partial charge in [-0.15, -0.1) is 0 Å². The van der Waals surface area contributed by atoms with E-state index in [1.165, 1.54) is 26.4 Å². The summed E-state index contributed by atoms with van der Waals surface area (Å²) in [5.41, 5.74) is 0.0655. The van der Waals surface area contributed by atoms with Crippen LogP contribution in [-0.2, 0) is 4.74 Å². The normalized spacial score (nSPS) is 9.71. The van der Waals surface area contributed by atoms with E-state index in [4.69, 9.17) is 4.74 Å². The molecule has 0 saturated heterocycles. The maximum atomic E-state index is 13.4. The van der Waals surface area contributed by atoms with Crippen LogP contribution in [0.2, 0.25) is 0 Å². The molecule has 0 heterocycles. The number of carbonyl (C=O) groups excluding carboxylic acids is 1. The second-order valence-corrected chi connectivity index (χ2v) is 3.29. The molecule has 0 fully saturated rings. The first-order chi connectivity index (χ1) is 6.61. The van der Waals surface area contributed by atoms with Crippen molar-refractivity contribution in [3.63, 3.8) is 0 Å². The Balaban J connectivity index is 3.31. The van der Waals surface area contributed by atoms with Gasteiger partial charge in [-0.25, -0.2) is 9.18 Å². The number of rotatable bonds is 2. The third-order valence-electron chi connectivity index (χ3n) is 1.66. The summed E-state index contributed by atoms with van der Waals surface area (Å²) in [4.78, 5) is 11.2. The summed E-state index contributed by atoms with van der Waals surface area (Å²) in [5.74, 6) is -1.37. The highest BCUT2D eigenvalue weighted by molar-refractivity contribution is 9.10.